The molecule has 3 rings (SSSR count). The van der Waals surface area contributed by atoms with Gasteiger partial charge in [-0.05, 0) is 30.7 Å². The van der Waals surface area contributed by atoms with Gasteiger partial charge in [0.25, 0.3) is 11.8 Å². The van der Waals surface area contributed by atoms with Gasteiger partial charge in [-0.15, -0.1) is 0 Å². The summed E-state index contributed by atoms with van der Waals surface area (Å²) in [6, 6.07) is 10.5. The maximum Gasteiger partial charge on any atom is 0.329 e. The molecule has 0 fully saturated rings. The number of rotatable bonds is 5. The Morgan fingerprint density at radius 3 is 2.42 bits per heavy atom. The Balaban J connectivity index is 1.74. The third-order valence-corrected chi connectivity index (χ3v) is 3.91. The number of fused-ring (bicyclic) bond motifs is 1. The van der Waals surface area contributed by atoms with Crippen LogP contribution in [0.25, 0.3) is 11.0 Å². The number of nitrogens with one attached hydrogen (secondary N) is 2. The summed E-state index contributed by atoms with van der Waals surface area (Å²) in [6.45, 7) is 2.37. The van der Waals surface area contributed by atoms with Crippen molar-refractivity contribution in [1.82, 2.24) is 25.0 Å². The van der Waals surface area contributed by atoms with Crippen molar-refractivity contribution in [2.24, 2.45) is 0 Å². The Hall–Kier alpha value is -3.42. The number of amides is 2. The highest BCUT2D eigenvalue weighted by Crippen LogP contribution is 2.13. The molecule has 0 aliphatic heterocycles. The summed E-state index contributed by atoms with van der Waals surface area (Å²) in [5.74, 6) is -0.976. The fourth-order valence-electron chi connectivity index (χ4n) is 2.74. The summed E-state index contributed by atoms with van der Waals surface area (Å²) in [7, 11) is 0. The van der Waals surface area contributed by atoms with Crippen molar-refractivity contribution >= 4 is 22.8 Å². The van der Waals surface area contributed by atoms with Gasteiger partial charge < -0.3 is 0 Å². The number of carbonyl (C=O) groups is 2. The van der Waals surface area contributed by atoms with Gasteiger partial charge in [-0.2, -0.15) is 0 Å². The predicted octanol–water partition coefficient (Wildman–Crippen LogP) is 1.07. The van der Waals surface area contributed by atoms with Crippen LogP contribution >= 0.6 is 0 Å². The first-order valence-electron chi connectivity index (χ1n) is 8.29. The number of carbonyl (C=O) groups excluding carboxylic acids is 2. The molecule has 0 aliphatic rings. The van der Waals surface area contributed by atoms with Crippen LogP contribution in [-0.4, -0.2) is 25.9 Å². The zero-order valence-corrected chi connectivity index (χ0v) is 14.3. The van der Waals surface area contributed by atoms with E-state index < -0.39 is 11.8 Å². The quantitative estimate of drug-likeness (QED) is 0.671. The van der Waals surface area contributed by atoms with Crippen LogP contribution < -0.4 is 16.5 Å². The van der Waals surface area contributed by atoms with E-state index in [1.54, 1.807) is 29.0 Å². The number of hydrogen-bond acceptors (Lipinski definition) is 4. The number of pyridine rings is 1. The topological polar surface area (TPSA) is 98.0 Å². The molecule has 0 spiro atoms. The van der Waals surface area contributed by atoms with Crippen molar-refractivity contribution < 1.29 is 9.59 Å². The minimum absolute atomic E-state index is 0.191. The van der Waals surface area contributed by atoms with E-state index in [9.17, 15) is 14.4 Å². The summed E-state index contributed by atoms with van der Waals surface area (Å²) in [4.78, 5) is 40.6. The highest BCUT2D eigenvalue weighted by molar-refractivity contribution is 5.95. The van der Waals surface area contributed by atoms with Crippen molar-refractivity contribution in [3.63, 3.8) is 0 Å². The van der Waals surface area contributed by atoms with Crippen molar-refractivity contribution in [2.75, 3.05) is 0 Å². The highest BCUT2D eigenvalue weighted by Gasteiger charge is 2.15. The molecule has 0 saturated carbocycles. The van der Waals surface area contributed by atoms with Gasteiger partial charge in [0.15, 0.2) is 0 Å². The molecule has 8 heteroatoms. The lowest BCUT2D eigenvalue weighted by Crippen LogP contribution is -2.44. The number of benzene rings is 1. The van der Waals surface area contributed by atoms with E-state index in [4.69, 9.17) is 0 Å². The third kappa shape index (κ3) is 3.49. The average molecular weight is 353 g/mol. The average Bonchev–Trinajstić information content (AvgIpc) is 2.93. The second-order valence-corrected chi connectivity index (χ2v) is 5.75. The molecular formula is C18H19N5O3. The number of hydrazine groups is 1. The lowest BCUT2D eigenvalue weighted by Gasteiger charge is -2.08. The van der Waals surface area contributed by atoms with E-state index in [0.29, 0.717) is 17.6 Å². The maximum absolute atomic E-state index is 12.6. The standard InChI is InChI=1S/C18H19N5O3/c1-2-10-22-14-7-3-4-8-15(14)23(18(22)26)12-16(24)20-21-17(25)13-6-5-9-19-11-13/h3-9,11H,2,10,12H2,1H3,(H,20,24)(H,21,25). The molecule has 2 N–H and O–H groups in total. The van der Waals surface area contributed by atoms with E-state index in [2.05, 4.69) is 15.8 Å². The molecule has 1 aromatic carbocycles. The molecule has 26 heavy (non-hydrogen) atoms. The number of para-hydroxylation sites is 2. The van der Waals surface area contributed by atoms with Gasteiger partial charge in [-0.25, -0.2) is 4.79 Å². The molecule has 0 saturated heterocycles. The molecule has 0 atom stereocenters. The first-order chi connectivity index (χ1) is 12.6. The van der Waals surface area contributed by atoms with Gasteiger partial charge in [0.05, 0.1) is 16.6 Å². The molecule has 2 amide bonds. The molecule has 2 aromatic heterocycles. The SMILES string of the molecule is CCCn1c(=O)n(CC(=O)NNC(=O)c2cccnc2)c2ccccc21. The first kappa shape index (κ1) is 17.4. The molecular weight excluding hydrogens is 334 g/mol. The van der Waals surface area contributed by atoms with Gasteiger partial charge in [0.1, 0.15) is 6.54 Å². The van der Waals surface area contributed by atoms with Gasteiger partial charge in [-0.1, -0.05) is 19.1 Å². The van der Waals surface area contributed by atoms with Crippen LogP contribution in [0, 0.1) is 0 Å². The second kappa shape index (κ2) is 7.64. The van der Waals surface area contributed by atoms with Crippen LogP contribution in [0.5, 0.6) is 0 Å². The highest BCUT2D eigenvalue weighted by atomic mass is 16.2. The van der Waals surface area contributed by atoms with Crippen LogP contribution in [0.15, 0.2) is 53.6 Å². The Kier molecular flexibility index (Phi) is 5.12. The van der Waals surface area contributed by atoms with Gasteiger partial charge in [-0.3, -0.25) is 34.6 Å². The molecule has 3 aromatic rings. The van der Waals surface area contributed by atoms with Crippen molar-refractivity contribution in [3.8, 4) is 0 Å². The second-order valence-electron chi connectivity index (χ2n) is 5.75. The zero-order chi connectivity index (χ0) is 18.5. The molecule has 0 aliphatic carbocycles. The minimum atomic E-state index is -0.497. The van der Waals surface area contributed by atoms with E-state index in [1.807, 2.05) is 25.1 Å². The van der Waals surface area contributed by atoms with Gasteiger partial charge in [0, 0.05) is 18.9 Å². The van der Waals surface area contributed by atoms with Crippen LogP contribution in [0.4, 0.5) is 0 Å². The maximum atomic E-state index is 12.6. The van der Waals surface area contributed by atoms with E-state index in [1.165, 1.54) is 10.8 Å². The summed E-state index contributed by atoms with van der Waals surface area (Å²) in [5.41, 5.74) is 6.18. The normalized spacial score (nSPS) is 10.7. The summed E-state index contributed by atoms with van der Waals surface area (Å²) in [6.07, 6.45) is 3.75. The fourth-order valence-corrected chi connectivity index (χ4v) is 2.74. The van der Waals surface area contributed by atoms with Gasteiger partial charge in [0.2, 0.25) is 0 Å². The van der Waals surface area contributed by atoms with Crippen LogP contribution in [0.3, 0.4) is 0 Å². The lowest BCUT2D eigenvalue weighted by atomic mass is 10.3. The van der Waals surface area contributed by atoms with E-state index in [0.717, 1.165) is 11.9 Å². The Morgan fingerprint density at radius 1 is 1.04 bits per heavy atom. The van der Waals surface area contributed by atoms with E-state index in [-0.39, 0.29) is 12.2 Å². The van der Waals surface area contributed by atoms with Crippen molar-refractivity contribution in [2.45, 2.75) is 26.4 Å². The zero-order valence-electron chi connectivity index (χ0n) is 14.3. The minimum Gasteiger partial charge on any atom is -0.292 e. The number of nitrogens with zero attached hydrogens (tertiary/aromatic N) is 3. The monoisotopic (exact) mass is 353 g/mol. The molecule has 2 heterocycles. The largest absolute Gasteiger partial charge is 0.329 e. The Bertz CT molecular complexity index is 991. The van der Waals surface area contributed by atoms with Crippen LogP contribution in [0.2, 0.25) is 0 Å². The summed E-state index contributed by atoms with van der Waals surface area (Å²) < 4.78 is 3.05. The van der Waals surface area contributed by atoms with Crippen LogP contribution in [0.1, 0.15) is 23.7 Å². The van der Waals surface area contributed by atoms with Crippen molar-refractivity contribution in [3.05, 3.63) is 64.8 Å². The molecule has 134 valence electrons. The number of aromatic nitrogens is 3. The first-order valence-corrected chi connectivity index (χ1v) is 8.29. The predicted molar refractivity (Wildman–Crippen MR) is 96.3 cm³/mol. The van der Waals surface area contributed by atoms with Gasteiger partial charge >= 0.3 is 5.69 Å². The molecule has 0 unspecified atom stereocenters. The van der Waals surface area contributed by atoms with E-state index >= 15 is 0 Å². The smallest absolute Gasteiger partial charge is 0.292 e. The molecule has 0 bridgehead atoms. The number of aryl methyl sites for hydroxylation is 1. The molecule has 8 nitrogen and oxygen atoms in total. The number of imidazole rings is 1. The van der Waals surface area contributed by atoms with Crippen LogP contribution in [-0.2, 0) is 17.9 Å². The number of hydrogen-bond donors (Lipinski definition) is 2. The van der Waals surface area contributed by atoms with Crippen molar-refractivity contribution in [1.29, 1.82) is 0 Å². The fraction of sp³-hybridized carbons (Fsp3) is 0.222. The Morgan fingerprint density at radius 2 is 1.77 bits per heavy atom. The molecule has 0 radical (unpaired) electrons. The third-order valence-electron chi connectivity index (χ3n) is 3.91. The summed E-state index contributed by atoms with van der Waals surface area (Å²) in [5, 5.41) is 0. The Labute approximate surface area is 149 Å². The summed E-state index contributed by atoms with van der Waals surface area (Å²) >= 11 is 0. The lowest BCUT2D eigenvalue weighted by molar-refractivity contribution is -0.122.